The van der Waals surface area contributed by atoms with Crippen molar-refractivity contribution in [3.05, 3.63) is 46.1 Å². The number of carbonyl (C=O) groups is 1. The maximum absolute atomic E-state index is 11.1. The van der Waals surface area contributed by atoms with Crippen LogP contribution in [-0.4, -0.2) is 31.3 Å². The molecule has 8 heteroatoms. The average molecular weight is 322 g/mol. The molecule has 19 heavy (non-hydrogen) atoms. The van der Waals surface area contributed by atoms with Crippen molar-refractivity contribution in [3.8, 4) is 0 Å². The van der Waals surface area contributed by atoms with Gasteiger partial charge in [0.05, 0.1) is 0 Å². The van der Waals surface area contributed by atoms with Crippen LogP contribution in [-0.2, 0) is 4.79 Å². The van der Waals surface area contributed by atoms with E-state index in [9.17, 15) is 4.79 Å². The SMILES string of the molecule is O=C(O)C1=CC(c2cccc(Br)c2)n2nnnc2N1. The Kier molecular flexibility index (Phi) is 2.79. The minimum Gasteiger partial charge on any atom is -0.477 e. The number of anilines is 1. The molecule has 7 nitrogen and oxygen atoms in total. The molecule has 1 aromatic heterocycles. The van der Waals surface area contributed by atoms with Gasteiger partial charge < -0.3 is 10.4 Å². The van der Waals surface area contributed by atoms with Crippen molar-refractivity contribution >= 4 is 27.8 Å². The maximum Gasteiger partial charge on any atom is 0.352 e. The third-order valence-corrected chi connectivity index (χ3v) is 3.24. The Bertz CT molecular complexity index is 681. The fourth-order valence-electron chi connectivity index (χ4n) is 1.91. The predicted octanol–water partition coefficient (Wildman–Crippen LogP) is 1.42. The first-order chi connectivity index (χ1) is 9.15. The molecule has 0 aliphatic carbocycles. The highest BCUT2D eigenvalue weighted by atomic mass is 79.9. The Morgan fingerprint density at radius 2 is 2.32 bits per heavy atom. The molecule has 2 N–H and O–H groups in total. The second-order valence-electron chi connectivity index (χ2n) is 3.96. The van der Waals surface area contributed by atoms with E-state index in [1.165, 1.54) is 4.68 Å². The highest BCUT2D eigenvalue weighted by molar-refractivity contribution is 9.10. The van der Waals surface area contributed by atoms with Crippen molar-refractivity contribution in [2.24, 2.45) is 0 Å². The summed E-state index contributed by atoms with van der Waals surface area (Å²) in [5.41, 5.74) is 0.954. The molecule has 1 aromatic carbocycles. The van der Waals surface area contributed by atoms with E-state index in [1.54, 1.807) is 6.08 Å². The number of halogens is 1. The highest BCUT2D eigenvalue weighted by Gasteiger charge is 2.26. The average Bonchev–Trinajstić information content (AvgIpc) is 2.85. The lowest BCUT2D eigenvalue weighted by atomic mass is 10.0. The molecular weight excluding hydrogens is 314 g/mol. The van der Waals surface area contributed by atoms with Gasteiger partial charge in [0.1, 0.15) is 11.7 Å². The van der Waals surface area contributed by atoms with Gasteiger partial charge in [-0.3, -0.25) is 0 Å². The minimum atomic E-state index is -1.05. The predicted molar refractivity (Wildman–Crippen MR) is 69.4 cm³/mol. The third kappa shape index (κ3) is 2.10. The monoisotopic (exact) mass is 321 g/mol. The molecular formula is C11H8BrN5O2. The van der Waals surface area contributed by atoms with Crippen LogP contribution in [0.25, 0.3) is 0 Å². The summed E-state index contributed by atoms with van der Waals surface area (Å²) in [6, 6.07) is 7.21. The fourth-order valence-corrected chi connectivity index (χ4v) is 2.32. The van der Waals surface area contributed by atoms with Crippen molar-refractivity contribution in [3.63, 3.8) is 0 Å². The molecule has 1 unspecified atom stereocenters. The Hall–Kier alpha value is -2.22. The number of allylic oxidation sites excluding steroid dienone is 1. The first-order valence-corrected chi connectivity index (χ1v) is 6.20. The van der Waals surface area contributed by atoms with Gasteiger partial charge in [0.2, 0.25) is 5.95 Å². The zero-order chi connectivity index (χ0) is 13.4. The number of nitrogens with zero attached hydrogens (tertiary/aromatic N) is 4. The second kappa shape index (κ2) is 4.47. The highest BCUT2D eigenvalue weighted by Crippen LogP contribution is 2.28. The Balaban J connectivity index is 2.11. The zero-order valence-electron chi connectivity index (χ0n) is 9.49. The molecule has 0 bridgehead atoms. The molecule has 0 saturated carbocycles. The van der Waals surface area contributed by atoms with Crippen molar-refractivity contribution in [2.45, 2.75) is 6.04 Å². The van der Waals surface area contributed by atoms with Crippen molar-refractivity contribution in [1.29, 1.82) is 0 Å². The molecule has 0 radical (unpaired) electrons. The van der Waals surface area contributed by atoms with Crippen molar-refractivity contribution in [2.75, 3.05) is 5.32 Å². The number of nitrogens with one attached hydrogen (secondary N) is 1. The normalized spacial score (nSPS) is 17.3. The largest absolute Gasteiger partial charge is 0.477 e. The van der Waals surface area contributed by atoms with Crippen LogP contribution in [0.15, 0.2) is 40.5 Å². The van der Waals surface area contributed by atoms with Crippen LogP contribution in [0.5, 0.6) is 0 Å². The second-order valence-corrected chi connectivity index (χ2v) is 4.87. The quantitative estimate of drug-likeness (QED) is 0.869. The van der Waals surface area contributed by atoms with Gasteiger partial charge in [0, 0.05) is 4.47 Å². The summed E-state index contributed by atoms with van der Waals surface area (Å²) < 4.78 is 2.44. The van der Waals surface area contributed by atoms with Crippen LogP contribution >= 0.6 is 15.9 Å². The van der Waals surface area contributed by atoms with Gasteiger partial charge in [-0.15, -0.1) is 0 Å². The van der Waals surface area contributed by atoms with E-state index >= 15 is 0 Å². The van der Waals surface area contributed by atoms with E-state index in [-0.39, 0.29) is 11.7 Å². The van der Waals surface area contributed by atoms with Crippen LogP contribution in [0.4, 0.5) is 5.95 Å². The number of rotatable bonds is 2. The van der Waals surface area contributed by atoms with E-state index < -0.39 is 5.97 Å². The summed E-state index contributed by atoms with van der Waals surface area (Å²) in [7, 11) is 0. The zero-order valence-corrected chi connectivity index (χ0v) is 11.1. The van der Waals surface area contributed by atoms with Crippen LogP contribution in [0, 0.1) is 0 Å². The number of tetrazole rings is 1. The topological polar surface area (TPSA) is 92.9 Å². The van der Waals surface area contributed by atoms with Crippen LogP contribution in [0.3, 0.4) is 0 Å². The molecule has 2 heterocycles. The number of aromatic nitrogens is 4. The summed E-state index contributed by atoms with van der Waals surface area (Å²) >= 11 is 3.39. The molecule has 1 aliphatic heterocycles. The van der Waals surface area contributed by atoms with E-state index in [2.05, 4.69) is 36.8 Å². The summed E-state index contributed by atoms with van der Waals surface area (Å²) in [5, 5.41) is 23.0. The molecule has 2 aromatic rings. The maximum atomic E-state index is 11.1. The molecule has 1 atom stereocenters. The van der Waals surface area contributed by atoms with Crippen LogP contribution in [0.2, 0.25) is 0 Å². The Labute approximate surface area is 116 Å². The van der Waals surface area contributed by atoms with Gasteiger partial charge in [0.15, 0.2) is 0 Å². The van der Waals surface area contributed by atoms with Gasteiger partial charge >= 0.3 is 5.97 Å². The van der Waals surface area contributed by atoms with Gasteiger partial charge in [0.25, 0.3) is 0 Å². The van der Waals surface area contributed by atoms with Gasteiger partial charge in [-0.05, 0) is 34.2 Å². The lowest BCUT2D eigenvalue weighted by Crippen LogP contribution is -2.24. The first-order valence-electron chi connectivity index (χ1n) is 5.40. The number of fused-ring (bicyclic) bond motifs is 1. The standard InChI is InChI=1S/C11H8BrN5O2/c12-7-3-1-2-6(4-7)9-5-8(10(18)19)13-11-14-15-16-17(9)11/h1-5,9H,(H,18,19)(H,13,14,16). The first kappa shape index (κ1) is 11.8. The molecule has 1 aliphatic rings. The smallest absolute Gasteiger partial charge is 0.352 e. The van der Waals surface area contributed by atoms with E-state index in [4.69, 9.17) is 5.11 Å². The molecule has 0 spiro atoms. The molecule has 96 valence electrons. The molecule has 0 amide bonds. The number of carboxylic acids is 1. The molecule has 3 rings (SSSR count). The number of hydrogen-bond acceptors (Lipinski definition) is 5. The Morgan fingerprint density at radius 3 is 3.05 bits per heavy atom. The summed E-state index contributed by atoms with van der Waals surface area (Å²) in [6.45, 7) is 0. The third-order valence-electron chi connectivity index (χ3n) is 2.75. The number of carboxylic acid groups (broad SMARTS) is 1. The van der Waals surface area contributed by atoms with Crippen molar-refractivity contribution < 1.29 is 9.90 Å². The van der Waals surface area contributed by atoms with Gasteiger partial charge in [-0.2, -0.15) is 4.68 Å². The molecule has 0 fully saturated rings. The van der Waals surface area contributed by atoms with Gasteiger partial charge in [-0.1, -0.05) is 33.2 Å². The van der Waals surface area contributed by atoms with Crippen LogP contribution < -0.4 is 5.32 Å². The number of aliphatic carboxylic acids is 1. The minimum absolute atomic E-state index is 0.0623. The summed E-state index contributed by atoms with van der Waals surface area (Å²) in [5.74, 6) is -0.737. The van der Waals surface area contributed by atoms with E-state index in [0.717, 1.165) is 10.0 Å². The Morgan fingerprint density at radius 1 is 1.47 bits per heavy atom. The number of hydrogen-bond donors (Lipinski definition) is 2. The summed E-state index contributed by atoms with van der Waals surface area (Å²) in [4.78, 5) is 11.1. The van der Waals surface area contributed by atoms with Crippen LogP contribution in [0.1, 0.15) is 11.6 Å². The molecule has 0 saturated heterocycles. The van der Waals surface area contributed by atoms with E-state index in [0.29, 0.717) is 5.95 Å². The van der Waals surface area contributed by atoms with Crippen molar-refractivity contribution in [1.82, 2.24) is 20.2 Å². The fraction of sp³-hybridized carbons (Fsp3) is 0.0909. The lowest BCUT2D eigenvalue weighted by molar-refractivity contribution is -0.132. The van der Waals surface area contributed by atoms with Gasteiger partial charge in [-0.25, -0.2) is 4.79 Å². The number of benzene rings is 1. The summed E-state index contributed by atoms with van der Waals surface area (Å²) in [6.07, 6.45) is 1.58. The van der Waals surface area contributed by atoms with E-state index in [1.807, 2.05) is 24.3 Å². The lowest BCUT2D eigenvalue weighted by Gasteiger charge is -2.21.